The molecule has 1 aromatic carbocycles. The van der Waals surface area contributed by atoms with Gasteiger partial charge >= 0.3 is 0 Å². The smallest absolute Gasteiger partial charge is 0.257 e. The van der Waals surface area contributed by atoms with E-state index in [2.05, 4.69) is 53.5 Å². The molecule has 0 aliphatic carbocycles. The van der Waals surface area contributed by atoms with Crippen molar-refractivity contribution in [3.05, 3.63) is 71.3 Å². The number of hydrogen-bond acceptors (Lipinski definition) is 3. The fraction of sp³-hybridized carbons (Fsp3) is 0.318. The van der Waals surface area contributed by atoms with Crippen molar-refractivity contribution in [1.82, 2.24) is 20.1 Å². The molecule has 3 heterocycles. The largest absolute Gasteiger partial charge is 0.338 e. The minimum absolute atomic E-state index is 0.0712. The van der Waals surface area contributed by atoms with E-state index in [1.807, 2.05) is 17.9 Å². The van der Waals surface area contributed by atoms with Crippen LogP contribution in [-0.2, 0) is 0 Å². The Morgan fingerprint density at radius 2 is 1.81 bits per heavy atom. The lowest BCUT2D eigenvalue weighted by Gasteiger charge is -2.32. The molecule has 3 aromatic rings. The number of carbonyl (C=O) groups is 1. The Balaban J connectivity index is 1.49. The van der Waals surface area contributed by atoms with Crippen LogP contribution in [0.4, 0.5) is 0 Å². The van der Waals surface area contributed by atoms with Gasteiger partial charge in [0.05, 0.1) is 11.8 Å². The van der Waals surface area contributed by atoms with Crippen LogP contribution < -0.4 is 0 Å². The first kappa shape index (κ1) is 17.5. The van der Waals surface area contributed by atoms with Gasteiger partial charge in [-0.3, -0.25) is 14.9 Å². The number of piperidine rings is 1. The van der Waals surface area contributed by atoms with Crippen molar-refractivity contribution in [2.45, 2.75) is 32.6 Å². The number of rotatable bonds is 3. The molecule has 0 saturated carbocycles. The van der Waals surface area contributed by atoms with Crippen LogP contribution in [0.3, 0.4) is 0 Å². The van der Waals surface area contributed by atoms with Gasteiger partial charge in [-0.05, 0) is 49.9 Å². The van der Waals surface area contributed by atoms with E-state index in [-0.39, 0.29) is 5.91 Å². The number of amides is 1. The molecule has 0 bridgehead atoms. The molecule has 0 atom stereocenters. The highest BCUT2D eigenvalue weighted by atomic mass is 16.2. The van der Waals surface area contributed by atoms with Crippen molar-refractivity contribution in [3.8, 4) is 11.1 Å². The summed E-state index contributed by atoms with van der Waals surface area (Å²) >= 11 is 0. The average molecular weight is 360 g/mol. The van der Waals surface area contributed by atoms with E-state index >= 15 is 0 Å². The van der Waals surface area contributed by atoms with Gasteiger partial charge < -0.3 is 4.90 Å². The van der Waals surface area contributed by atoms with Crippen LogP contribution in [0.25, 0.3) is 11.1 Å². The number of aromatic nitrogens is 3. The number of pyridine rings is 1. The van der Waals surface area contributed by atoms with E-state index in [9.17, 15) is 4.79 Å². The van der Waals surface area contributed by atoms with Gasteiger partial charge in [-0.1, -0.05) is 30.3 Å². The highest BCUT2D eigenvalue weighted by molar-refractivity contribution is 5.95. The Labute approximate surface area is 159 Å². The third-order valence-electron chi connectivity index (χ3n) is 5.34. The molecule has 0 spiro atoms. The summed E-state index contributed by atoms with van der Waals surface area (Å²) in [5.41, 5.74) is 6.11. The van der Waals surface area contributed by atoms with Gasteiger partial charge in [-0.15, -0.1) is 0 Å². The molecule has 0 unspecified atom stereocenters. The van der Waals surface area contributed by atoms with E-state index < -0.39 is 0 Å². The van der Waals surface area contributed by atoms with Gasteiger partial charge in [0.15, 0.2) is 0 Å². The van der Waals surface area contributed by atoms with E-state index in [4.69, 9.17) is 4.98 Å². The lowest BCUT2D eigenvalue weighted by atomic mass is 9.91. The predicted octanol–water partition coefficient (Wildman–Crippen LogP) is 4.11. The Kier molecular flexibility index (Phi) is 4.75. The van der Waals surface area contributed by atoms with Gasteiger partial charge in [0, 0.05) is 36.1 Å². The number of carbonyl (C=O) groups excluding carboxylic acids is 1. The average Bonchev–Trinajstić information content (AvgIpc) is 3.13. The molecule has 0 radical (unpaired) electrons. The van der Waals surface area contributed by atoms with Gasteiger partial charge in [-0.25, -0.2) is 0 Å². The van der Waals surface area contributed by atoms with Crippen molar-refractivity contribution in [3.63, 3.8) is 0 Å². The zero-order valence-electron chi connectivity index (χ0n) is 15.8. The van der Waals surface area contributed by atoms with E-state index in [0.29, 0.717) is 11.5 Å². The SMILES string of the molecule is Cc1cc(-c2ccccc2)cc(C2CCN(C(=O)c3cn[nH]c3C)CC2)n1. The molecular weight excluding hydrogens is 336 g/mol. The highest BCUT2D eigenvalue weighted by Crippen LogP contribution is 2.31. The second-order valence-corrected chi connectivity index (χ2v) is 7.26. The predicted molar refractivity (Wildman–Crippen MR) is 106 cm³/mol. The maximum Gasteiger partial charge on any atom is 0.257 e. The first-order chi connectivity index (χ1) is 13.1. The zero-order chi connectivity index (χ0) is 18.8. The van der Waals surface area contributed by atoms with Crippen LogP contribution in [-0.4, -0.2) is 39.1 Å². The lowest BCUT2D eigenvalue weighted by Crippen LogP contribution is -2.38. The fourth-order valence-electron chi connectivity index (χ4n) is 3.82. The standard InChI is InChI=1S/C22H24N4O/c1-15-12-19(17-6-4-3-5-7-17)13-21(24-15)18-8-10-26(11-9-18)22(27)20-14-23-25-16(20)2/h3-7,12-14,18H,8-11H2,1-2H3,(H,23,25). The maximum absolute atomic E-state index is 12.7. The number of nitrogens with zero attached hydrogens (tertiary/aromatic N) is 3. The molecule has 1 aliphatic heterocycles. The summed E-state index contributed by atoms with van der Waals surface area (Å²) in [6.07, 6.45) is 3.50. The third-order valence-corrected chi connectivity index (χ3v) is 5.34. The van der Waals surface area contributed by atoms with Crippen molar-refractivity contribution in [1.29, 1.82) is 0 Å². The highest BCUT2D eigenvalue weighted by Gasteiger charge is 2.27. The molecule has 1 fully saturated rings. The molecule has 1 amide bonds. The molecule has 1 aliphatic rings. The van der Waals surface area contributed by atoms with Gasteiger partial charge in [0.25, 0.3) is 5.91 Å². The van der Waals surface area contributed by atoms with Crippen LogP contribution in [0.1, 0.15) is 46.2 Å². The first-order valence-electron chi connectivity index (χ1n) is 9.45. The van der Waals surface area contributed by atoms with Crippen LogP contribution in [0.15, 0.2) is 48.7 Å². The van der Waals surface area contributed by atoms with Crippen LogP contribution in [0.5, 0.6) is 0 Å². The summed E-state index contributed by atoms with van der Waals surface area (Å²) in [6.45, 7) is 5.44. The maximum atomic E-state index is 12.7. The van der Waals surface area contributed by atoms with Gasteiger partial charge in [0.2, 0.25) is 0 Å². The second kappa shape index (κ2) is 7.35. The molecule has 1 N–H and O–H groups in total. The number of likely N-dealkylation sites (tertiary alicyclic amines) is 1. The van der Waals surface area contributed by atoms with Crippen LogP contribution in [0.2, 0.25) is 0 Å². The Bertz CT molecular complexity index is 940. The molecule has 138 valence electrons. The summed E-state index contributed by atoms with van der Waals surface area (Å²) in [6, 6.07) is 14.8. The minimum atomic E-state index is 0.0712. The number of aromatic amines is 1. The number of nitrogens with one attached hydrogen (secondary N) is 1. The number of benzene rings is 1. The molecule has 5 heteroatoms. The fourth-order valence-corrected chi connectivity index (χ4v) is 3.82. The molecule has 5 nitrogen and oxygen atoms in total. The molecule has 27 heavy (non-hydrogen) atoms. The minimum Gasteiger partial charge on any atom is -0.338 e. The van der Waals surface area contributed by atoms with Crippen molar-refractivity contribution >= 4 is 5.91 Å². The zero-order valence-corrected chi connectivity index (χ0v) is 15.8. The number of H-pyrrole nitrogens is 1. The van der Waals surface area contributed by atoms with E-state index in [1.165, 1.54) is 11.1 Å². The van der Waals surface area contributed by atoms with E-state index in [1.54, 1.807) is 6.20 Å². The third kappa shape index (κ3) is 3.63. The van der Waals surface area contributed by atoms with Gasteiger partial charge in [-0.2, -0.15) is 5.10 Å². The molecule has 2 aromatic heterocycles. The summed E-state index contributed by atoms with van der Waals surface area (Å²) < 4.78 is 0. The van der Waals surface area contributed by atoms with Crippen molar-refractivity contribution in [2.24, 2.45) is 0 Å². The number of hydrogen-bond donors (Lipinski definition) is 1. The Morgan fingerprint density at radius 1 is 1.07 bits per heavy atom. The van der Waals surface area contributed by atoms with E-state index in [0.717, 1.165) is 43.0 Å². The number of aryl methyl sites for hydroxylation is 2. The van der Waals surface area contributed by atoms with Crippen LogP contribution >= 0.6 is 0 Å². The molecule has 4 rings (SSSR count). The first-order valence-corrected chi connectivity index (χ1v) is 9.45. The Hall–Kier alpha value is -2.95. The molecular formula is C22H24N4O. The topological polar surface area (TPSA) is 61.9 Å². The van der Waals surface area contributed by atoms with Crippen molar-refractivity contribution in [2.75, 3.05) is 13.1 Å². The lowest BCUT2D eigenvalue weighted by molar-refractivity contribution is 0.0711. The summed E-state index contributed by atoms with van der Waals surface area (Å²) in [5.74, 6) is 0.462. The monoisotopic (exact) mass is 360 g/mol. The molecule has 1 saturated heterocycles. The Morgan fingerprint density at radius 3 is 2.48 bits per heavy atom. The summed E-state index contributed by atoms with van der Waals surface area (Å²) in [4.78, 5) is 19.4. The summed E-state index contributed by atoms with van der Waals surface area (Å²) in [7, 11) is 0. The van der Waals surface area contributed by atoms with Gasteiger partial charge in [0.1, 0.15) is 0 Å². The second-order valence-electron chi connectivity index (χ2n) is 7.26. The van der Waals surface area contributed by atoms with Crippen molar-refractivity contribution < 1.29 is 4.79 Å². The quantitative estimate of drug-likeness (QED) is 0.765. The summed E-state index contributed by atoms with van der Waals surface area (Å²) in [5, 5.41) is 6.81. The van der Waals surface area contributed by atoms with Crippen LogP contribution in [0, 0.1) is 13.8 Å². The normalized spacial score (nSPS) is 15.1.